The van der Waals surface area contributed by atoms with Crippen molar-refractivity contribution in [1.82, 2.24) is 4.98 Å². The first-order valence-corrected chi connectivity index (χ1v) is 7.83. The van der Waals surface area contributed by atoms with Gasteiger partial charge in [-0.25, -0.2) is 4.99 Å². The van der Waals surface area contributed by atoms with Crippen molar-refractivity contribution in [2.45, 2.75) is 6.54 Å². The summed E-state index contributed by atoms with van der Waals surface area (Å²) in [5, 5.41) is 4.14. The Balaban J connectivity index is 1.75. The summed E-state index contributed by atoms with van der Waals surface area (Å²) in [7, 11) is 3.20. The topological polar surface area (TPSA) is 81.8 Å². The predicted molar refractivity (Wildman–Crippen MR) is 100 cm³/mol. The number of pyridine rings is 1. The molecule has 6 nitrogen and oxygen atoms in total. The molecule has 0 unspecified atom stereocenters. The number of methoxy groups -OCH3 is 2. The van der Waals surface area contributed by atoms with E-state index < -0.39 is 0 Å². The Hall–Kier alpha value is -3.28. The van der Waals surface area contributed by atoms with Gasteiger partial charge >= 0.3 is 0 Å². The maximum Gasteiger partial charge on any atom is 0.193 e. The van der Waals surface area contributed by atoms with Crippen molar-refractivity contribution in [3.63, 3.8) is 0 Å². The predicted octanol–water partition coefficient (Wildman–Crippen LogP) is 3.18. The van der Waals surface area contributed by atoms with Gasteiger partial charge in [0.05, 0.1) is 37.7 Å². The van der Waals surface area contributed by atoms with Crippen molar-refractivity contribution < 1.29 is 9.47 Å². The number of fused-ring (bicyclic) bond motifs is 1. The summed E-state index contributed by atoms with van der Waals surface area (Å²) in [5.74, 6) is 1.64. The minimum absolute atomic E-state index is 0.279. The molecular weight excluding hydrogens is 316 g/mol. The number of nitrogens with zero attached hydrogens (tertiary/aromatic N) is 2. The summed E-state index contributed by atoms with van der Waals surface area (Å²) in [4.78, 5) is 8.93. The molecule has 128 valence electrons. The molecule has 25 heavy (non-hydrogen) atoms. The number of benzene rings is 2. The third kappa shape index (κ3) is 3.98. The second-order valence-electron chi connectivity index (χ2n) is 5.39. The van der Waals surface area contributed by atoms with Gasteiger partial charge in [-0.2, -0.15) is 0 Å². The van der Waals surface area contributed by atoms with Crippen LogP contribution in [0.5, 0.6) is 11.5 Å². The van der Waals surface area contributed by atoms with Crippen molar-refractivity contribution >= 4 is 22.5 Å². The molecule has 0 aliphatic carbocycles. The number of anilines is 1. The Labute approximate surface area is 146 Å². The summed E-state index contributed by atoms with van der Waals surface area (Å²) in [6, 6.07) is 17.4. The zero-order chi connectivity index (χ0) is 17.6. The number of hydrogen-bond acceptors (Lipinski definition) is 4. The summed E-state index contributed by atoms with van der Waals surface area (Å²) in [6.07, 6.45) is 0. The molecule has 0 aliphatic heterocycles. The molecule has 1 aromatic heterocycles. The Bertz CT molecular complexity index is 909. The van der Waals surface area contributed by atoms with E-state index in [2.05, 4.69) is 15.3 Å². The van der Waals surface area contributed by atoms with Crippen LogP contribution in [0, 0.1) is 0 Å². The Morgan fingerprint density at radius 2 is 1.92 bits per heavy atom. The number of nitrogens with one attached hydrogen (secondary N) is 1. The third-order valence-corrected chi connectivity index (χ3v) is 3.74. The highest BCUT2D eigenvalue weighted by Crippen LogP contribution is 2.28. The molecule has 0 saturated heterocycles. The average molecular weight is 336 g/mol. The first-order valence-electron chi connectivity index (χ1n) is 7.83. The van der Waals surface area contributed by atoms with E-state index in [9.17, 15) is 0 Å². The van der Waals surface area contributed by atoms with Gasteiger partial charge in [0.25, 0.3) is 0 Å². The van der Waals surface area contributed by atoms with Crippen LogP contribution < -0.4 is 20.5 Å². The maximum absolute atomic E-state index is 6.00. The van der Waals surface area contributed by atoms with Gasteiger partial charge in [0.15, 0.2) is 5.96 Å². The molecule has 3 N–H and O–H groups in total. The van der Waals surface area contributed by atoms with E-state index in [0.29, 0.717) is 23.7 Å². The van der Waals surface area contributed by atoms with Crippen molar-refractivity contribution in [3.05, 3.63) is 60.3 Å². The minimum atomic E-state index is 0.279. The largest absolute Gasteiger partial charge is 0.497 e. The third-order valence-electron chi connectivity index (χ3n) is 3.74. The van der Waals surface area contributed by atoms with Crippen LogP contribution in [0.15, 0.2) is 59.6 Å². The Kier molecular flexibility index (Phi) is 4.99. The lowest BCUT2D eigenvalue weighted by atomic mass is 10.2. The quantitative estimate of drug-likeness (QED) is 0.552. The van der Waals surface area contributed by atoms with Gasteiger partial charge in [-0.1, -0.05) is 24.3 Å². The van der Waals surface area contributed by atoms with E-state index >= 15 is 0 Å². The van der Waals surface area contributed by atoms with Crippen LogP contribution >= 0.6 is 0 Å². The van der Waals surface area contributed by atoms with Gasteiger partial charge in [-0.3, -0.25) is 4.98 Å². The molecule has 0 radical (unpaired) electrons. The molecular formula is C19H20N4O2. The highest BCUT2D eigenvalue weighted by molar-refractivity contribution is 5.94. The van der Waals surface area contributed by atoms with Gasteiger partial charge in [0.2, 0.25) is 0 Å². The van der Waals surface area contributed by atoms with Gasteiger partial charge in [0.1, 0.15) is 11.5 Å². The van der Waals surface area contributed by atoms with Crippen LogP contribution in [0.1, 0.15) is 5.69 Å². The highest BCUT2D eigenvalue weighted by atomic mass is 16.5. The van der Waals surface area contributed by atoms with Crippen LogP contribution in [0.25, 0.3) is 10.9 Å². The van der Waals surface area contributed by atoms with Crippen LogP contribution in [-0.4, -0.2) is 25.2 Å². The molecule has 0 spiro atoms. The summed E-state index contributed by atoms with van der Waals surface area (Å²) in [6.45, 7) is 0.385. The number of aromatic nitrogens is 1. The van der Waals surface area contributed by atoms with E-state index in [1.54, 1.807) is 26.4 Å². The van der Waals surface area contributed by atoms with Gasteiger partial charge in [-0.15, -0.1) is 0 Å². The number of aliphatic imine (C=N–C) groups is 1. The molecule has 0 saturated carbocycles. The van der Waals surface area contributed by atoms with Crippen LogP contribution in [0.2, 0.25) is 0 Å². The van der Waals surface area contributed by atoms with Crippen molar-refractivity contribution in [3.8, 4) is 11.5 Å². The zero-order valence-corrected chi connectivity index (χ0v) is 14.2. The molecule has 3 rings (SSSR count). The molecule has 6 heteroatoms. The van der Waals surface area contributed by atoms with E-state index in [-0.39, 0.29) is 5.96 Å². The Morgan fingerprint density at radius 3 is 2.72 bits per heavy atom. The fourth-order valence-corrected chi connectivity index (χ4v) is 2.45. The lowest BCUT2D eigenvalue weighted by Gasteiger charge is -2.12. The molecule has 0 aliphatic rings. The number of hydrogen-bond donors (Lipinski definition) is 2. The van der Waals surface area contributed by atoms with E-state index in [0.717, 1.165) is 16.6 Å². The fourth-order valence-electron chi connectivity index (χ4n) is 2.45. The molecule has 2 aromatic carbocycles. The monoisotopic (exact) mass is 336 g/mol. The van der Waals surface area contributed by atoms with Gasteiger partial charge < -0.3 is 20.5 Å². The second-order valence-corrected chi connectivity index (χ2v) is 5.39. The van der Waals surface area contributed by atoms with Gasteiger partial charge in [0, 0.05) is 11.5 Å². The van der Waals surface area contributed by atoms with E-state index in [1.165, 1.54) is 0 Å². The lowest BCUT2D eigenvalue weighted by molar-refractivity contribution is 0.405. The number of nitrogens with two attached hydrogens (primary N) is 1. The normalized spacial score (nSPS) is 11.4. The van der Waals surface area contributed by atoms with E-state index in [1.807, 2.05) is 42.5 Å². The Morgan fingerprint density at radius 1 is 1.08 bits per heavy atom. The van der Waals surface area contributed by atoms with Gasteiger partial charge in [-0.05, 0) is 24.3 Å². The van der Waals surface area contributed by atoms with Crippen LogP contribution in [-0.2, 0) is 6.54 Å². The standard InChI is InChI=1S/C19H20N4O2/c1-24-15-9-10-18(25-2)17(11-15)23-19(20)21-12-14-8-7-13-5-3-4-6-16(13)22-14/h3-11H,12H2,1-2H3,(H3,20,21,23). The summed E-state index contributed by atoms with van der Waals surface area (Å²) < 4.78 is 10.5. The van der Waals surface area contributed by atoms with Crippen LogP contribution in [0.3, 0.4) is 0 Å². The fraction of sp³-hybridized carbons (Fsp3) is 0.158. The zero-order valence-electron chi connectivity index (χ0n) is 14.2. The van der Waals surface area contributed by atoms with Crippen molar-refractivity contribution in [2.75, 3.05) is 19.5 Å². The molecule has 1 heterocycles. The second kappa shape index (κ2) is 7.53. The smallest absolute Gasteiger partial charge is 0.193 e. The van der Waals surface area contributed by atoms with Crippen molar-refractivity contribution in [1.29, 1.82) is 0 Å². The minimum Gasteiger partial charge on any atom is -0.497 e. The average Bonchev–Trinajstić information content (AvgIpc) is 2.66. The molecule has 3 aromatic rings. The molecule has 0 fully saturated rings. The lowest BCUT2D eigenvalue weighted by Crippen LogP contribution is -2.23. The van der Waals surface area contributed by atoms with Crippen molar-refractivity contribution in [2.24, 2.45) is 10.7 Å². The molecule has 0 atom stereocenters. The number of ether oxygens (including phenoxy) is 2. The number of guanidine groups is 1. The molecule has 0 bridgehead atoms. The van der Waals surface area contributed by atoms with E-state index in [4.69, 9.17) is 15.2 Å². The maximum atomic E-state index is 6.00. The molecule has 0 amide bonds. The summed E-state index contributed by atoms with van der Waals surface area (Å²) in [5.41, 5.74) is 8.47. The first kappa shape index (κ1) is 16.6. The highest BCUT2D eigenvalue weighted by Gasteiger charge is 2.06. The number of para-hydroxylation sites is 1. The number of rotatable bonds is 5. The van der Waals surface area contributed by atoms with Crippen LogP contribution in [0.4, 0.5) is 5.69 Å². The SMILES string of the molecule is COc1ccc(OC)c(NC(N)=NCc2ccc3ccccc3n2)c1. The summed E-state index contributed by atoms with van der Waals surface area (Å²) >= 11 is 0. The first-order chi connectivity index (χ1) is 12.2.